The van der Waals surface area contributed by atoms with E-state index in [1.807, 2.05) is 28.9 Å². The number of aromatic nitrogens is 2. The van der Waals surface area contributed by atoms with Crippen LogP contribution >= 0.6 is 0 Å². The quantitative estimate of drug-likeness (QED) is 0.883. The van der Waals surface area contributed by atoms with Crippen LogP contribution in [0.2, 0.25) is 0 Å². The van der Waals surface area contributed by atoms with Crippen LogP contribution in [0.1, 0.15) is 19.9 Å². The maximum Gasteiger partial charge on any atom is 0.119 e. The van der Waals surface area contributed by atoms with Crippen molar-refractivity contribution in [2.75, 3.05) is 12.8 Å². The highest BCUT2D eigenvalue weighted by Crippen LogP contribution is 2.30. The molecule has 90 valence electrons. The molecule has 1 aromatic heterocycles. The summed E-state index contributed by atoms with van der Waals surface area (Å²) in [7, 11) is 1.65. The molecule has 0 amide bonds. The van der Waals surface area contributed by atoms with Crippen LogP contribution in [-0.4, -0.2) is 16.9 Å². The lowest BCUT2D eigenvalue weighted by Gasteiger charge is -2.12. The van der Waals surface area contributed by atoms with E-state index in [1.54, 1.807) is 13.3 Å². The van der Waals surface area contributed by atoms with E-state index in [0.29, 0.717) is 5.69 Å². The Morgan fingerprint density at radius 2 is 2.12 bits per heavy atom. The van der Waals surface area contributed by atoms with Crippen molar-refractivity contribution >= 4 is 5.69 Å². The Morgan fingerprint density at radius 3 is 2.76 bits per heavy atom. The van der Waals surface area contributed by atoms with Gasteiger partial charge in [-0.3, -0.25) is 4.68 Å². The van der Waals surface area contributed by atoms with Crippen LogP contribution in [0.5, 0.6) is 5.75 Å². The molecule has 2 N–H and O–H groups in total. The van der Waals surface area contributed by atoms with Gasteiger partial charge in [0.25, 0.3) is 0 Å². The minimum absolute atomic E-state index is 0.272. The Hall–Kier alpha value is -1.97. The van der Waals surface area contributed by atoms with E-state index in [-0.39, 0.29) is 6.04 Å². The van der Waals surface area contributed by atoms with E-state index in [1.165, 1.54) is 0 Å². The molecule has 1 aromatic carbocycles. The number of rotatable bonds is 3. The van der Waals surface area contributed by atoms with Crippen LogP contribution in [0.25, 0.3) is 11.3 Å². The lowest BCUT2D eigenvalue weighted by molar-refractivity contribution is 0.415. The third-order valence-electron chi connectivity index (χ3n) is 2.66. The number of nitrogens with zero attached hydrogens (tertiary/aromatic N) is 2. The van der Waals surface area contributed by atoms with Crippen molar-refractivity contribution in [2.24, 2.45) is 0 Å². The largest absolute Gasteiger partial charge is 0.497 e. The molecule has 0 saturated carbocycles. The molecule has 0 radical (unpaired) electrons. The van der Waals surface area contributed by atoms with Gasteiger partial charge in [0.05, 0.1) is 24.7 Å². The first-order valence-corrected chi connectivity index (χ1v) is 5.61. The predicted octanol–water partition coefficient (Wildman–Crippen LogP) is 2.72. The number of anilines is 1. The van der Waals surface area contributed by atoms with E-state index in [9.17, 15) is 0 Å². The number of hydrogen-bond donors (Lipinski definition) is 1. The minimum Gasteiger partial charge on any atom is -0.497 e. The normalized spacial score (nSPS) is 10.8. The molecule has 17 heavy (non-hydrogen) atoms. The zero-order valence-corrected chi connectivity index (χ0v) is 10.3. The number of nitrogens with two attached hydrogens (primary N) is 1. The molecule has 0 aliphatic carbocycles. The summed E-state index contributed by atoms with van der Waals surface area (Å²) in [6.45, 7) is 4.16. The lowest BCUT2D eigenvalue weighted by atomic mass is 10.1. The van der Waals surface area contributed by atoms with Crippen molar-refractivity contribution in [3.8, 4) is 17.0 Å². The van der Waals surface area contributed by atoms with Crippen molar-refractivity contribution in [3.63, 3.8) is 0 Å². The van der Waals surface area contributed by atoms with E-state index >= 15 is 0 Å². The van der Waals surface area contributed by atoms with E-state index < -0.39 is 0 Å². The fraction of sp³-hybridized carbons (Fsp3) is 0.308. The second kappa shape index (κ2) is 4.49. The summed E-state index contributed by atoms with van der Waals surface area (Å²) in [6.07, 6.45) is 1.69. The molecule has 0 bridgehead atoms. The first kappa shape index (κ1) is 11.5. The first-order chi connectivity index (χ1) is 8.13. The second-order valence-electron chi connectivity index (χ2n) is 4.22. The van der Waals surface area contributed by atoms with Gasteiger partial charge in [-0.2, -0.15) is 5.10 Å². The maximum absolute atomic E-state index is 5.98. The molecule has 0 aliphatic rings. The molecule has 4 heteroatoms. The molecule has 0 saturated heterocycles. The van der Waals surface area contributed by atoms with Crippen molar-refractivity contribution in [1.29, 1.82) is 0 Å². The average molecular weight is 231 g/mol. The Morgan fingerprint density at radius 1 is 1.35 bits per heavy atom. The molecular formula is C13H17N3O. The topological polar surface area (TPSA) is 53.1 Å². The van der Waals surface area contributed by atoms with Gasteiger partial charge in [0.15, 0.2) is 0 Å². The van der Waals surface area contributed by atoms with Crippen LogP contribution in [0.3, 0.4) is 0 Å². The third-order valence-corrected chi connectivity index (χ3v) is 2.66. The third kappa shape index (κ3) is 2.11. The van der Waals surface area contributed by atoms with E-state index in [2.05, 4.69) is 18.9 Å². The predicted molar refractivity (Wildman–Crippen MR) is 69.0 cm³/mol. The minimum atomic E-state index is 0.272. The molecule has 0 atom stereocenters. The van der Waals surface area contributed by atoms with Gasteiger partial charge in [0, 0.05) is 11.6 Å². The first-order valence-electron chi connectivity index (χ1n) is 5.61. The van der Waals surface area contributed by atoms with Gasteiger partial charge in [-0.25, -0.2) is 0 Å². The highest BCUT2D eigenvalue weighted by Gasteiger charge is 2.13. The summed E-state index contributed by atoms with van der Waals surface area (Å²) >= 11 is 0. The molecule has 4 nitrogen and oxygen atoms in total. The molecule has 2 aromatic rings. The van der Waals surface area contributed by atoms with Gasteiger partial charge >= 0.3 is 0 Å². The number of ether oxygens (including phenoxy) is 1. The lowest BCUT2D eigenvalue weighted by Crippen LogP contribution is -2.05. The number of methoxy groups -OCH3 is 1. The van der Waals surface area contributed by atoms with Crippen molar-refractivity contribution < 1.29 is 4.74 Å². The van der Waals surface area contributed by atoms with Crippen molar-refractivity contribution in [2.45, 2.75) is 19.9 Å². The number of nitrogen functional groups attached to an aromatic ring is 1. The van der Waals surface area contributed by atoms with Gasteiger partial charge < -0.3 is 10.5 Å². The van der Waals surface area contributed by atoms with Crippen LogP contribution in [0.4, 0.5) is 5.69 Å². The van der Waals surface area contributed by atoms with Crippen LogP contribution in [0, 0.1) is 0 Å². The molecule has 0 fully saturated rings. The highest BCUT2D eigenvalue weighted by molar-refractivity contribution is 5.73. The fourth-order valence-electron chi connectivity index (χ4n) is 1.84. The Kier molecular flexibility index (Phi) is 3.04. The van der Waals surface area contributed by atoms with Gasteiger partial charge in [-0.1, -0.05) is 12.1 Å². The molecule has 0 unspecified atom stereocenters. The van der Waals surface area contributed by atoms with Crippen molar-refractivity contribution in [3.05, 3.63) is 30.5 Å². The zero-order valence-electron chi connectivity index (χ0n) is 10.3. The summed E-state index contributed by atoms with van der Waals surface area (Å²) in [5, 5.41) is 4.30. The summed E-state index contributed by atoms with van der Waals surface area (Å²) in [5.74, 6) is 0.818. The van der Waals surface area contributed by atoms with Gasteiger partial charge in [-0.15, -0.1) is 0 Å². The average Bonchev–Trinajstić information content (AvgIpc) is 2.71. The van der Waals surface area contributed by atoms with E-state index in [4.69, 9.17) is 10.5 Å². The van der Waals surface area contributed by atoms with Crippen LogP contribution < -0.4 is 10.5 Å². The molecule has 2 rings (SSSR count). The summed E-state index contributed by atoms with van der Waals surface area (Å²) in [6, 6.07) is 8.11. The molecule has 0 aliphatic heterocycles. The number of hydrogen-bond acceptors (Lipinski definition) is 3. The highest BCUT2D eigenvalue weighted by atomic mass is 16.5. The summed E-state index contributed by atoms with van der Waals surface area (Å²) in [4.78, 5) is 0. The standard InChI is InChI=1S/C13H17N3O/c1-9(2)16-13(12(14)8-15-16)10-5-4-6-11(7-10)17-3/h4-9H,14H2,1-3H3. The van der Waals surface area contributed by atoms with Gasteiger partial charge in [-0.05, 0) is 26.0 Å². The molecule has 0 spiro atoms. The summed E-state index contributed by atoms with van der Waals surface area (Å²) < 4.78 is 7.14. The zero-order chi connectivity index (χ0) is 12.4. The molecular weight excluding hydrogens is 214 g/mol. The SMILES string of the molecule is COc1cccc(-c2c(N)cnn2C(C)C)c1. The van der Waals surface area contributed by atoms with Crippen molar-refractivity contribution in [1.82, 2.24) is 9.78 Å². The Labute approximate surface area is 101 Å². The summed E-state index contributed by atoms with van der Waals surface area (Å²) in [5.41, 5.74) is 8.63. The van der Waals surface area contributed by atoms with E-state index in [0.717, 1.165) is 17.0 Å². The van der Waals surface area contributed by atoms with Crippen LogP contribution in [-0.2, 0) is 0 Å². The van der Waals surface area contributed by atoms with Gasteiger partial charge in [0.1, 0.15) is 5.75 Å². The molecule has 1 heterocycles. The number of benzene rings is 1. The smallest absolute Gasteiger partial charge is 0.119 e. The Balaban J connectivity index is 2.55. The Bertz CT molecular complexity index is 517. The monoisotopic (exact) mass is 231 g/mol. The van der Waals surface area contributed by atoms with Gasteiger partial charge in [0.2, 0.25) is 0 Å². The van der Waals surface area contributed by atoms with Crippen LogP contribution in [0.15, 0.2) is 30.5 Å². The second-order valence-corrected chi connectivity index (χ2v) is 4.22. The fourth-order valence-corrected chi connectivity index (χ4v) is 1.84. The maximum atomic E-state index is 5.98.